The molecule has 0 spiro atoms. The Balaban J connectivity index is 2.87. The molecule has 17 heavy (non-hydrogen) atoms. The number of rotatable bonds is 3. The molecule has 0 aliphatic carbocycles. The molecule has 92 valence electrons. The molecule has 0 heterocycles. The van der Waals surface area contributed by atoms with Crippen molar-refractivity contribution in [3.05, 3.63) is 29.6 Å². The molecule has 7 heteroatoms. The molecule has 0 saturated carbocycles. The van der Waals surface area contributed by atoms with E-state index in [1.165, 1.54) is 6.92 Å². The molecule has 0 radical (unpaired) electrons. The first-order valence-electron chi connectivity index (χ1n) is 4.72. The molecule has 0 aromatic heterocycles. The van der Waals surface area contributed by atoms with Crippen LogP contribution in [0.4, 0.5) is 4.39 Å². The zero-order valence-corrected chi connectivity index (χ0v) is 9.01. The van der Waals surface area contributed by atoms with E-state index in [4.69, 9.17) is 10.9 Å². The van der Waals surface area contributed by atoms with E-state index in [1.807, 2.05) is 0 Å². The van der Waals surface area contributed by atoms with Gasteiger partial charge in [-0.1, -0.05) is 5.16 Å². The first-order chi connectivity index (χ1) is 7.95. The van der Waals surface area contributed by atoms with E-state index in [-0.39, 0.29) is 17.1 Å². The van der Waals surface area contributed by atoms with Crippen LogP contribution in [0.25, 0.3) is 0 Å². The molecular formula is C10H12FN3O3. The summed E-state index contributed by atoms with van der Waals surface area (Å²) in [6, 6.07) is 2.25. The van der Waals surface area contributed by atoms with Crippen molar-refractivity contribution in [2.75, 3.05) is 0 Å². The molecule has 1 atom stereocenters. The Labute approximate surface area is 96.5 Å². The zero-order chi connectivity index (χ0) is 13.0. The van der Waals surface area contributed by atoms with Gasteiger partial charge in [0, 0.05) is 0 Å². The van der Waals surface area contributed by atoms with E-state index in [9.17, 15) is 14.3 Å². The van der Waals surface area contributed by atoms with E-state index in [0.717, 1.165) is 18.2 Å². The maximum absolute atomic E-state index is 12.9. The SMILES string of the molecule is CC(NC(=O)c1cc(F)ccc1O)/C(N)=N/O. The van der Waals surface area contributed by atoms with Crippen molar-refractivity contribution in [1.29, 1.82) is 0 Å². The fourth-order valence-corrected chi connectivity index (χ4v) is 1.13. The highest BCUT2D eigenvalue weighted by atomic mass is 19.1. The zero-order valence-electron chi connectivity index (χ0n) is 9.01. The van der Waals surface area contributed by atoms with E-state index in [0.29, 0.717) is 0 Å². The van der Waals surface area contributed by atoms with Gasteiger partial charge in [-0.15, -0.1) is 0 Å². The average molecular weight is 241 g/mol. The Kier molecular flexibility index (Phi) is 3.86. The molecule has 0 aliphatic rings. The van der Waals surface area contributed by atoms with Gasteiger partial charge in [0.2, 0.25) is 0 Å². The van der Waals surface area contributed by atoms with Gasteiger partial charge in [0.1, 0.15) is 11.6 Å². The van der Waals surface area contributed by atoms with Crippen LogP contribution in [0.3, 0.4) is 0 Å². The highest BCUT2D eigenvalue weighted by Crippen LogP contribution is 2.17. The summed E-state index contributed by atoms with van der Waals surface area (Å²) in [5, 5.41) is 22.8. The first kappa shape index (κ1) is 12.8. The van der Waals surface area contributed by atoms with Gasteiger partial charge in [-0.2, -0.15) is 0 Å². The second kappa shape index (κ2) is 5.15. The minimum absolute atomic E-state index is 0.200. The highest BCUT2D eigenvalue weighted by Gasteiger charge is 2.16. The van der Waals surface area contributed by atoms with Crippen LogP contribution in [-0.4, -0.2) is 28.1 Å². The van der Waals surface area contributed by atoms with Gasteiger partial charge < -0.3 is 21.4 Å². The number of phenols is 1. The molecule has 0 aliphatic heterocycles. The Hall–Kier alpha value is -2.31. The number of aromatic hydroxyl groups is 1. The number of carbonyl (C=O) groups is 1. The first-order valence-corrected chi connectivity index (χ1v) is 4.72. The van der Waals surface area contributed by atoms with Crippen molar-refractivity contribution >= 4 is 11.7 Å². The lowest BCUT2D eigenvalue weighted by atomic mass is 10.1. The maximum Gasteiger partial charge on any atom is 0.255 e. The lowest BCUT2D eigenvalue weighted by molar-refractivity contribution is 0.0945. The van der Waals surface area contributed by atoms with Crippen molar-refractivity contribution in [2.24, 2.45) is 10.9 Å². The Morgan fingerprint density at radius 1 is 1.59 bits per heavy atom. The summed E-state index contributed by atoms with van der Waals surface area (Å²) >= 11 is 0. The average Bonchev–Trinajstić information content (AvgIpc) is 2.30. The quantitative estimate of drug-likeness (QED) is 0.266. The molecule has 1 aromatic rings. The van der Waals surface area contributed by atoms with Crippen LogP contribution in [0.2, 0.25) is 0 Å². The Morgan fingerprint density at radius 3 is 2.82 bits per heavy atom. The number of halogens is 1. The number of nitrogens with zero attached hydrogens (tertiary/aromatic N) is 1. The lowest BCUT2D eigenvalue weighted by Gasteiger charge is -2.12. The van der Waals surface area contributed by atoms with E-state index < -0.39 is 17.8 Å². The van der Waals surface area contributed by atoms with Crippen molar-refractivity contribution < 1.29 is 19.5 Å². The minimum atomic E-state index is -0.741. The van der Waals surface area contributed by atoms with Crippen molar-refractivity contribution in [3.63, 3.8) is 0 Å². The number of nitrogens with one attached hydrogen (secondary N) is 1. The maximum atomic E-state index is 12.9. The smallest absolute Gasteiger partial charge is 0.255 e. The topological polar surface area (TPSA) is 108 Å². The third kappa shape index (κ3) is 3.07. The summed E-state index contributed by atoms with van der Waals surface area (Å²) in [7, 11) is 0. The van der Waals surface area contributed by atoms with Crippen molar-refractivity contribution in [3.8, 4) is 5.75 Å². The molecular weight excluding hydrogens is 229 g/mol. The summed E-state index contributed by atoms with van der Waals surface area (Å²) in [5.74, 6) is -1.92. The van der Waals surface area contributed by atoms with Crippen LogP contribution in [0.5, 0.6) is 5.75 Å². The van der Waals surface area contributed by atoms with Gasteiger partial charge >= 0.3 is 0 Å². The second-order valence-electron chi connectivity index (χ2n) is 3.38. The minimum Gasteiger partial charge on any atom is -0.507 e. The Bertz CT molecular complexity index is 462. The second-order valence-corrected chi connectivity index (χ2v) is 3.38. The molecule has 1 amide bonds. The number of amides is 1. The van der Waals surface area contributed by atoms with E-state index in [2.05, 4.69) is 10.5 Å². The molecule has 1 unspecified atom stereocenters. The number of hydrogen-bond donors (Lipinski definition) is 4. The summed E-state index contributed by atoms with van der Waals surface area (Å²) in [4.78, 5) is 11.6. The van der Waals surface area contributed by atoms with E-state index >= 15 is 0 Å². The fraction of sp³-hybridized carbons (Fsp3) is 0.200. The van der Waals surface area contributed by atoms with Gasteiger partial charge in [0.15, 0.2) is 5.84 Å². The lowest BCUT2D eigenvalue weighted by Crippen LogP contribution is -2.42. The highest BCUT2D eigenvalue weighted by molar-refractivity contribution is 5.99. The van der Waals surface area contributed by atoms with Crippen LogP contribution in [0, 0.1) is 5.82 Å². The number of amidine groups is 1. The fourth-order valence-electron chi connectivity index (χ4n) is 1.13. The third-order valence-electron chi connectivity index (χ3n) is 2.11. The largest absolute Gasteiger partial charge is 0.507 e. The van der Waals surface area contributed by atoms with Gasteiger partial charge in [0.05, 0.1) is 11.6 Å². The summed E-state index contributed by atoms with van der Waals surface area (Å²) < 4.78 is 12.9. The number of oxime groups is 1. The van der Waals surface area contributed by atoms with Crippen LogP contribution < -0.4 is 11.1 Å². The molecule has 0 fully saturated rings. The summed E-state index contributed by atoms with van der Waals surface area (Å²) in [6.45, 7) is 1.48. The van der Waals surface area contributed by atoms with Crippen LogP contribution >= 0.6 is 0 Å². The number of hydrogen-bond acceptors (Lipinski definition) is 4. The summed E-state index contributed by atoms with van der Waals surface area (Å²) in [5.41, 5.74) is 5.04. The van der Waals surface area contributed by atoms with Gasteiger partial charge in [-0.3, -0.25) is 4.79 Å². The molecule has 5 N–H and O–H groups in total. The molecule has 1 aromatic carbocycles. The molecule has 1 rings (SSSR count). The monoisotopic (exact) mass is 241 g/mol. The van der Waals surface area contributed by atoms with Crippen LogP contribution in [0.15, 0.2) is 23.4 Å². The normalized spacial score (nSPS) is 13.2. The van der Waals surface area contributed by atoms with Gasteiger partial charge in [-0.05, 0) is 25.1 Å². The van der Waals surface area contributed by atoms with Crippen molar-refractivity contribution in [2.45, 2.75) is 13.0 Å². The molecule has 0 saturated heterocycles. The number of phenolic OH excluding ortho intramolecular Hbond substituents is 1. The molecule has 0 bridgehead atoms. The number of carbonyl (C=O) groups excluding carboxylic acids is 1. The van der Waals surface area contributed by atoms with Crippen LogP contribution in [0.1, 0.15) is 17.3 Å². The van der Waals surface area contributed by atoms with Crippen LogP contribution in [-0.2, 0) is 0 Å². The standard InChI is InChI=1S/C10H12FN3O3/c1-5(9(12)14-17)13-10(16)7-4-6(11)2-3-8(7)15/h2-5,15,17H,1H3,(H2,12,14)(H,13,16). The number of benzene rings is 1. The van der Waals surface area contributed by atoms with E-state index in [1.54, 1.807) is 0 Å². The number of nitrogens with two attached hydrogens (primary N) is 1. The Morgan fingerprint density at radius 2 is 2.24 bits per heavy atom. The predicted molar refractivity (Wildman–Crippen MR) is 58.4 cm³/mol. The summed E-state index contributed by atoms with van der Waals surface area (Å²) in [6.07, 6.45) is 0. The van der Waals surface area contributed by atoms with Gasteiger partial charge in [-0.25, -0.2) is 4.39 Å². The third-order valence-corrected chi connectivity index (χ3v) is 2.11. The van der Waals surface area contributed by atoms with Crippen molar-refractivity contribution in [1.82, 2.24) is 5.32 Å². The molecule has 6 nitrogen and oxygen atoms in total. The van der Waals surface area contributed by atoms with Gasteiger partial charge in [0.25, 0.3) is 5.91 Å². The predicted octanol–water partition coefficient (Wildman–Crippen LogP) is 0.396.